The van der Waals surface area contributed by atoms with E-state index in [9.17, 15) is 44.3 Å². The zero-order valence-corrected chi connectivity index (χ0v) is 21.4. The van der Waals surface area contributed by atoms with Crippen molar-refractivity contribution < 1.29 is 49.1 Å². The number of amides is 1. The molecule has 0 N–H and O–H groups in total. The Morgan fingerprint density at radius 2 is 1.71 bits per heavy atom. The van der Waals surface area contributed by atoms with Gasteiger partial charge in [-0.05, 0) is 31.0 Å². The largest absolute Gasteiger partial charge is 0.492 e. The zero-order valence-electron chi connectivity index (χ0n) is 19.7. The third-order valence-electron chi connectivity index (χ3n) is 6.38. The molecule has 1 aromatic carbocycles. The minimum Gasteiger partial charge on any atom is -0.492 e. The van der Waals surface area contributed by atoms with E-state index in [0.717, 1.165) is 30.7 Å². The van der Waals surface area contributed by atoms with Crippen LogP contribution < -0.4 is 9.64 Å². The lowest BCUT2D eigenvalue weighted by Gasteiger charge is -2.35. The predicted octanol–water partition coefficient (Wildman–Crippen LogP) is 3.98. The van der Waals surface area contributed by atoms with Crippen LogP contribution in [-0.4, -0.2) is 81.4 Å². The Morgan fingerprint density at radius 3 is 2.24 bits per heavy atom. The van der Waals surface area contributed by atoms with Crippen molar-refractivity contribution in [1.29, 1.82) is 0 Å². The molecular formula is C22H21F6N3O5S2. The van der Waals surface area contributed by atoms with Gasteiger partial charge in [0.15, 0.2) is 15.0 Å². The molecule has 8 nitrogen and oxygen atoms in total. The maximum Gasteiger partial charge on any atom is 0.455 e. The van der Waals surface area contributed by atoms with Crippen LogP contribution in [0.15, 0.2) is 29.3 Å². The van der Waals surface area contributed by atoms with E-state index in [0.29, 0.717) is 11.3 Å². The molecule has 2 aliphatic rings. The van der Waals surface area contributed by atoms with Crippen LogP contribution in [0, 0.1) is 5.41 Å². The average molecular weight is 586 g/mol. The smallest absolute Gasteiger partial charge is 0.455 e. The van der Waals surface area contributed by atoms with Crippen molar-refractivity contribution in [1.82, 2.24) is 9.88 Å². The fourth-order valence-electron chi connectivity index (χ4n) is 3.84. The van der Waals surface area contributed by atoms with Crippen molar-refractivity contribution >= 4 is 38.0 Å². The van der Waals surface area contributed by atoms with E-state index < -0.39 is 50.8 Å². The van der Waals surface area contributed by atoms with E-state index in [-0.39, 0.29) is 60.4 Å². The summed E-state index contributed by atoms with van der Waals surface area (Å²) in [7, 11) is -3.75. The molecule has 4 rings (SSSR count). The summed E-state index contributed by atoms with van der Waals surface area (Å²) in [6, 6.07) is 3.36. The molecule has 2 fully saturated rings. The molecule has 16 heteroatoms. The first kappa shape index (κ1) is 28.1. The number of thiazole rings is 1. The molecule has 38 heavy (non-hydrogen) atoms. The van der Waals surface area contributed by atoms with Crippen LogP contribution in [0.4, 0.5) is 31.5 Å². The first-order valence-electron chi connectivity index (χ1n) is 11.2. The van der Waals surface area contributed by atoms with Gasteiger partial charge in [0.25, 0.3) is 11.7 Å². The van der Waals surface area contributed by atoms with Crippen LogP contribution >= 0.6 is 11.3 Å². The number of anilines is 1. The molecule has 1 saturated heterocycles. The average Bonchev–Trinajstić information content (AvgIpc) is 3.49. The minimum atomic E-state index is -5.03. The molecule has 0 radical (unpaired) electrons. The Bertz CT molecular complexity index is 1340. The quantitative estimate of drug-likeness (QED) is 0.358. The second-order valence-corrected chi connectivity index (χ2v) is 12.1. The first-order valence-corrected chi connectivity index (χ1v) is 13.9. The number of alkyl halides is 6. The van der Waals surface area contributed by atoms with Crippen molar-refractivity contribution in [3.8, 4) is 5.75 Å². The zero-order chi connectivity index (χ0) is 28.1. The number of piperazine rings is 1. The number of nitrogens with zero attached hydrogens (tertiary/aromatic N) is 3. The molecule has 1 saturated carbocycles. The Kier molecular flexibility index (Phi) is 7.18. The Labute approximate surface area is 217 Å². The molecule has 0 atom stereocenters. The summed E-state index contributed by atoms with van der Waals surface area (Å²) in [5.41, 5.74) is -2.22. The van der Waals surface area contributed by atoms with Gasteiger partial charge in [-0.2, -0.15) is 26.3 Å². The van der Waals surface area contributed by atoms with Gasteiger partial charge in [0, 0.05) is 32.4 Å². The van der Waals surface area contributed by atoms with Gasteiger partial charge in [-0.25, -0.2) is 13.4 Å². The fourth-order valence-corrected chi connectivity index (χ4v) is 5.41. The number of Topliss-reactive ketones (excluding diaryl/α,β-unsaturated/α-hetero) is 1. The van der Waals surface area contributed by atoms with Gasteiger partial charge in [-0.15, -0.1) is 0 Å². The second kappa shape index (κ2) is 9.70. The third kappa shape index (κ3) is 5.75. The Morgan fingerprint density at radius 1 is 1.08 bits per heavy atom. The molecular weight excluding hydrogens is 564 g/mol. The maximum absolute atomic E-state index is 13.3. The second-order valence-electron chi connectivity index (χ2n) is 9.11. The lowest BCUT2D eigenvalue weighted by molar-refractivity contribution is -0.194. The standard InChI is InChI=1S/C22H21F6N3O5S2/c1-38(34,35)13-2-3-15(36-12-20(4-5-20)22(26,27)28)14(10-13)18(33)30-6-8-31(9-7-30)19-29-11-16(37-19)17(32)21(23,24)25/h2-3,10-11H,4-9,12H2,1H3. The van der Waals surface area contributed by atoms with Crippen molar-refractivity contribution in [2.45, 2.75) is 30.1 Å². The number of hydrogen-bond donors (Lipinski definition) is 0. The van der Waals surface area contributed by atoms with Crippen molar-refractivity contribution in [2.75, 3.05) is 43.9 Å². The minimum absolute atomic E-state index is 0.0516. The number of halogens is 6. The number of hydrogen-bond acceptors (Lipinski definition) is 8. The molecule has 0 bridgehead atoms. The monoisotopic (exact) mass is 585 g/mol. The first-order chi connectivity index (χ1) is 17.5. The van der Waals surface area contributed by atoms with Crippen LogP contribution in [0.5, 0.6) is 5.75 Å². The lowest BCUT2D eigenvalue weighted by Crippen LogP contribution is -2.48. The number of ketones is 1. The highest BCUT2D eigenvalue weighted by atomic mass is 32.2. The van der Waals surface area contributed by atoms with Gasteiger partial charge in [-0.1, -0.05) is 11.3 Å². The summed E-state index contributed by atoms with van der Waals surface area (Å²) in [5, 5.41) is 0.162. The van der Waals surface area contributed by atoms with Crippen LogP contribution in [0.25, 0.3) is 0 Å². The molecule has 1 aromatic heterocycles. The van der Waals surface area contributed by atoms with E-state index >= 15 is 0 Å². The highest BCUT2D eigenvalue weighted by Crippen LogP contribution is 2.57. The predicted molar refractivity (Wildman–Crippen MR) is 123 cm³/mol. The highest BCUT2D eigenvalue weighted by molar-refractivity contribution is 7.90. The molecule has 2 aromatic rings. The molecule has 1 aliphatic heterocycles. The number of carbonyl (C=O) groups excluding carboxylic acids is 2. The van der Waals surface area contributed by atoms with E-state index in [2.05, 4.69) is 4.98 Å². The van der Waals surface area contributed by atoms with Crippen LogP contribution in [0.3, 0.4) is 0 Å². The van der Waals surface area contributed by atoms with E-state index in [1.54, 1.807) is 4.90 Å². The van der Waals surface area contributed by atoms with Crippen LogP contribution in [0.2, 0.25) is 0 Å². The number of benzene rings is 1. The van der Waals surface area contributed by atoms with Crippen LogP contribution in [-0.2, 0) is 9.84 Å². The molecule has 1 aliphatic carbocycles. The number of carbonyl (C=O) groups is 2. The SMILES string of the molecule is CS(=O)(=O)c1ccc(OCC2(C(F)(F)F)CC2)c(C(=O)N2CCN(c3ncc(C(=O)C(F)(F)F)s3)CC2)c1. The van der Waals surface area contributed by atoms with Gasteiger partial charge >= 0.3 is 12.4 Å². The summed E-state index contributed by atoms with van der Waals surface area (Å²) < 4.78 is 108. The summed E-state index contributed by atoms with van der Waals surface area (Å²) >= 11 is 0.567. The number of rotatable bonds is 7. The summed E-state index contributed by atoms with van der Waals surface area (Å²) in [6.07, 6.45) is -7.99. The van der Waals surface area contributed by atoms with E-state index in [1.807, 2.05) is 0 Å². The Hall–Kier alpha value is -2.88. The van der Waals surface area contributed by atoms with E-state index in [1.165, 1.54) is 4.90 Å². The number of aromatic nitrogens is 1. The molecule has 1 amide bonds. The van der Waals surface area contributed by atoms with Crippen molar-refractivity contribution in [2.24, 2.45) is 5.41 Å². The fraction of sp³-hybridized carbons (Fsp3) is 0.500. The van der Waals surface area contributed by atoms with E-state index in [4.69, 9.17) is 4.74 Å². The summed E-state index contributed by atoms with van der Waals surface area (Å²) in [4.78, 5) is 30.7. The molecule has 208 valence electrons. The summed E-state index contributed by atoms with van der Waals surface area (Å²) in [6.45, 7) is -0.339. The topological polar surface area (TPSA) is 96.9 Å². The molecule has 0 unspecified atom stereocenters. The highest BCUT2D eigenvalue weighted by Gasteiger charge is 2.64. The normalized spacial score (nSPS) is 17.9. The summed E-state index contributed by atoms with van der Waals surface area (Å²) in [5.74, 6) is -2.86. The van der Waals surface area contributed by atoms with Crippen molar-refractivity contribution in [3.05, 3.63) is 34.8 Å². The van der Waals surface area contributed by atoms with Gasteiger partial charge in [-0.3, -0.25) is 9.59 Å². The lowest BCUT2D eigenvalue weighted by atomic mass is 10.1. The molecule has 2 heterocycles. The third-order valence-corrected chi connectivity index (χ3v) is 8.55. The van der Waals surface area contributed by atoms with Gasteiger partial charge in [0.2, 0.25) is 0 Å². The number of sulfone groups is 1. The number of ether oxygens (including phenoxy) is 1. The Balaban J connectivity index is 1.49. The van der Waals surface area contributed by atoms with Crippen LogP contribution in [0.1, 0.15) is 32.9 Å². The van der Waals surface area contributed by atoms with Crippen molar-refractivity contribution in [3.63, 3.8) is 0 Å². The molecule has 0 spiro atoms. The van der Waals surface area contributed by atoms with Gasteiger partial charge < -0.3 is 14.5 Å². The maximum atomic E-state index is 13.3. The van der Waals surface area contributed by atoms with Gasteiger partial charge in [0.05, 0.1) is 16.7 Å². The van der Waals surface area contributed by atoms with Gasteiger partial charge in [0.1, 0.15) is 22.6 Å².